The van der Waals surface area contributed by atoms with E-state index in [1.165, 1.54) is 186 Å². The Morgan fingerprint density at radius 2 is 0.870 bits per heavy atom. The third kappa shape index (κ3) is 36.2. The average Bonchev–Trinajstić information content (AvgIpc) is 3.35. The Bertz CT molecular complexity index is 1170. The average molecular weight is 983 g/mol. The molecule has 0 aromatic rings. The first kappa shape index (κ1) is 65.6. The maximum atomic E-state index is 13.2. The van der Waals surface area contributed by atoms with Crippen molar-refractivity contribution in [1.82, 2.24) is 5.32 Å². The lowest BCUT2D eigenvalue weighted by Gasteiger charge is -2.40. The molecule has 0 spiro atoms. The van der Waals surface area contributed by atoms with Gasteiger partial charge in [-0.2, -0.15) is 0 Å². The number of nitrogens with one attached hydrogen (secondary N) is 1. The molecule has 9 atom stereocenters. The number of allylic oxidation sites excluding steroid dienone is 4. The summed E-state index contributed by atoms with van der Waals surface area (Å²) in [5.74, 6) is -0.707. The van der Waals surface area contributed by atoms with Crippen LogP contribution < -0.4 is 5.32 Å². The van der Waals surface area contributed by atoms with Crippen LogP contribution >= 0.6 is 0 Å². The first-order valence-corrected chi connectivity index (χ1v) is 29.2. The maximum absolute atomic E-state index is 13.2. The van der Waals surface area contributed by atoms with E-state index in [0.29, 0.717) is 19.3 Å². The van der Waals surface area contributed by atoms with Crippen LogP contribution in [-0.4, -0.2) is 110 Å². The van der Waals surface area contributed by atoms with Crippen LogP contribution in [0.15, 0.2) is 24.3 Å². The third-order valence-corrected chi connectivity index (χ3v) is 14.2. The van der Waals surface area contributed by atoms with Crippen molar-refractivity contribution in [2.75, 3.05) is 13.2 Å². The van der Waals surface area contributed by atoms with E-state index < -0.39 is 74.2 Å². The Kier molecular flexibility index (Phi) is 45.2. The molecule has 11 nitrogen and oxygen atoms in total. The lowest BCUT2D eigenvalue weighted by atomic mass is 9.98. The lowest BCUT2D eigenvalue weighted by Crippen LogP contribution is -2.60. The second kappa shape index (κ2) is 47.6. The lowest BCUT2D eigenvalue weighted by molar-refractivity contribution is -0.303. The number of rotatable bonds is 50. The molecule has 1 aliphatic heterocycles. The van der Waals surface area contributed by atoms with Crippen LogP contribution in [0, 0.1) is 0 Å². The highest BCUT2D eigenvalue weighted by Crippen LogP contribution is 2.23. The van der Waals surface area contributed by atoms with Gasteiger partial charge in [-0.15, -0.1) is 0 Å². The summed E-state index contributed by atoms with van der Waals surface area (Å²) < 4.78 is 11.1. The highest BCUT2D eigenvalue weighted by atomic mass is 16.7. The number of carbonyl (C=O) groups excluding carboxylic acids is 1. The number of aliphatic hydroxyl groups is 7. The summed E-state index contributed by atoms with van der Waals surface area (Å²) in [6.07, 6.45) is 45.4. The number of hydrogen-bond donors (Lipinski definition) is 8. The van der Waals surface area contributed by atoms with Gasteiger partial charge in [-0.25, -0.2) is 0 Å². The predicted molar refractivity (Wildman–Crippen MR) is 284 cm³/mol. The van der Waals surface area contributed by atoms with Crippen molar-refractivity contribution in [2.24, 2.45) is 0 Å². The van der Waals surface area contributed by atoms with Gasteiger partial charge in [0, 0.05) is 0 Å². The number of ether oxygens (including phenoxy) is 2. The minimum atomic E-state index is -1.67. The van der Waals surface area contributed by atoms with Gasteiger partial charge in [0.25, 0.3) is 0 Å². The molecule has 8 N–H and O–H groups in total. The van der Waals surface area contributed by atoms with Crippen molar-refractivity contribution >= 4 is 5.91 Å². The molecule has 1 saturated heterocycles. The second-order valence-corrected chi connectivity index (χ2v) is 20.7. The van der Waals surface area contributed by atoms with Crippen LogP contribution in [-0.2, 0) is 14.3 Å². The van der Waals surface area contributed by atoms with Gasteiger partial charge in [0.2, 0.25) is 5.91 Å². The molecule has 0 aromatic carbocycles. The fraction of sp³-hybridized carbons (Fsp3) is 0.914. The zero-order valence-electron chi connectivity index (χ0n) is 44.6. The Labute approximate surface area is 423 Å². The standard InChI is InChI=1S/C58H111NO10/c1-3-5-7-9-11-13-15-17-18-19-20-21-22-23-24-25-26-27-28-29-30-31-32-34-36-38-40-42-44-46-51(62)57(67)59-49(48-68-58-56(66)55(65)54(64)52(47-60)69-58)53(63)50(61)45-43-41-39-37-35-33-16-14-12-10-8-6-4-2/h14,16,37,39,49-56,58,60-66H,3-13,15,17-36,38,40-48H2,1-2H3,(H,59,67)/b16-14+,39-37+. The molecular formula is C58H111NO10. The molecule has 0 aliphatic carbocycles. The second-order valence-electron chi connectivity index (χ2n) is 20.7. The summed E-state index contributed by atoms with van der Waals surface area (Å²) in [5.41, 5.74) is 0. The molecule has 0 radical (unpaired) electrons. The number of hydrogen-bond acceptors (Lipinski definition) is 10. The van der Waals surface area contributed by atoms with E-state index in [4.69, 9.17) is 9.47 Å². The van der Waals surface area contributed by atoms with Crippen molar-refractivity contribution in [3.63, 3.8) is 0 Å². The Morgan fingerprint density at radius 1 is 0.493 bits per heavy atom. The van der Waals surface area contributed by atoms with Crippen molar-refractivity contribution in [1.29, 1.82) is 0 Å². The summed E-state index contributed by atoms with van der Waals surface area (Å²) in [5, 5.41) is 75.9. The smallest absolute Gasteiger partial charge is 0.249 e. The predicted octanol–water partition coefficient (Wildman–Crippen LogP) is 12.1. The zero-order valence-corrected chi connectivity index (χ0v) is 44.6. The molecule has 1 amide bonds. The highest BCUT2D eigenvalue weighted by Gasteiger charge is 2.44. The van der Waals surface area contributed by atoms with Crippen LogP contribution in [0.5, 0.6) is 0 Å². The van der Waals surface area contributed by atoms with Gasteiger partial charge in [-0.3, -0.25) is 4.79 Å². The molecule has 1 fully saturated rings. The molecule has 69 heavy (non-hydrogen) atoms. The van der Waals surface area contributed by atoms with Gasteiger partial charge < -0.3 is 50.5 Å². The summed E-state index contributed by atoms with van der Waals surface area (Å²) in [7, 11) is 0. The molecule has 1 heterocycles. The van der Waals surface area contributed by atoms with Crippen LogP contribution in [0.2, 0.25) is 0 Å². The quantitative estimate of drug-likeness (QED) is 0.0215. The van der Waals surface area contributed by atoms with Crippen LogP contribution in [0.25, 0.3) is 0 Å². The number of aliphatic hydroxyl groups excluding tert-OH is 7. The van der Waals surface area contributed by atoms with Crippen molar-refractivity contribution < 1.29 is 50.0 Å². The van der Waals surface area contributed by atoms with Gasteiger partial charge in [0.1, 0.15) is 36.6 Å². The molecule has 11 heteroatoms. The first-order valence-electron chi connectivity index (χ1n) is 29.2. The number of carbonyl (C=O) groups is 1. The Hall–Kier alpha value is -1.41. The summed E-state index contributed by atoms with van der Waals surface area (Å²) in [6, 6.07) is -1.19. The molecule has 0 saturated carbocycles. The fourth-order valence-electron chi connectivity index (χ4n) is 9.46. The van der Waals surface area contributed by atoms with Crippen molar-refractivity contribution in [3.05, 3.63) is 24.3 Å². The largest absolute Gasteiger partial charge is 0.394 e. The summed E-state index contributed by atoms with van der Waals surface area (Å²) in [4.78, 5) is 13.2. The van der Waals surface area contributed by atoms with E-state index in [0.717, 1.165) is 38.5 Å². The SMILES string of the molecule is CCCCCC/C=C/CC/C=C/CCCC(O)C(O)C(COC1OC(CO)C(O)C(O)C1O)NC(=O)C(O)CCCCCCCCCCCCCCCCCCCCCCCCCCCCCCC. The first-order chi connectivity index (χ1) is 33.7. The van der Waals surface area contributed by atoms with Gasteiger partial charge in [0.05, 0.1) is 25.4 Å². The van der Waals surface area contributed by atoms with E-state index in [1.807, 2.05) is 0 Å². The normalized spacial score (nSPS) is 20.5. The monoisotopic (exact) mass is 982 g/mol. The third-order valence-electron chi connectivity index (χ3n) is 14.2. The van der Waals surface area contributed by atoms with Crippen LogP contribution in [0.1, 0.15) is 271 Å². The van der Waals surface area contributed by atoms with Gasteiger partial charge in [-0.05, 0) is 51.4 Å². The van der Waals surface area contributed by atoms with E-state index in [-0.39, 0.29) is 12.8 Å². The molecule has 408 valence electrons. The number of amides is 1. The molecule has 1 rings (SSSR count). The van der Waals surface area contributed by atoms with Gasteiger partial charge >= 0.3 is 0 Å². The Balaban J connectivity index is 2.23. The topological polar surface area (TPSA) is 189 Å². The molecule has 1 aliphatic rings. The zero-order chi connectivity index (χ0) is 50.4. The van der Waals surface area contributed by atoms with Crippen molar-refractivity contribution in [3.8, 4) is 0 Å². The summed E-state index contributed by atoms with van der Waals surface area (Å²) >= 11 is 0. The van der Waals surface area contributed by atoms with Crippen molar-refractivity contribution in [2.45, 2.75) is 326 Å². The molecular weight excluding hydrogens is 871 g/mol. The van der Waals surface area contributed by atoms with E-state index >= 15 is 0 Å². The van der Waals surface area contributed by atoms with Crippen LogP contribution in [0.3, 0.4) is 0 Å². The van der Waals surface area contributed by atoms with Gasteiger partial charge in [-0.1, -0.05) is 244 Å². The van der Waals surface area contributed by atoms with Crippen LogP contribution in [0.4, 0.5) is 0 Å². The fourth-order valence-corrected chi connectivity index (χ4v) is 9.46. The minimum absolute atomic E-state index is 0.248. The maximum Gasteiger partial charge on any atom is 0.249 e. The molecule has 0 bridgehead atoms. The van der Waals surface area contributed by atoms with E-state index in [2.05, 4.69) is 43.5 Å². The highest BCUT2D eigenvalue weighted by molar-refractivity contribution is 5.80. The Morgan fingerprint density at radius 3 is 1.29 bits per heavy atom. The molecule has 0 aromatic heterocycles. The molecule has 9 unspecified atom stereocenters. The minimum Gasteiger partial charge on any atom is -0.394 e. The number of unbranched alkanes of at least 4 members (excludes halogenated alkanes) is 34. The van der Waals surface area contributed by atoms with E-state index in [1.54, 1.807) is 0 Å². The summed E-state index contributed by atoms with van der Waals surface area (Å²) in [6.45, 7) is 3.43. The van der Waals surface area contributed by atoms with E-state index in [9.17, 15) is 40.5 Å². The van der Waals surface area contributed by atoms with Gasteiger partial charge in [0.15, 0.2) is 6.29 Å².